The maximum Gasteiger partial charge on any atom is 0.119 e. The third-order valence-electron chi connectivity index (χ3n) is 4.36. The van der Waals surface area contributed by atoms with E-state index < -0.39 is 0 Å². The van der Waals surface area contributed by atoms with Crippen molar-refractivity contribution in [3.63, 3.8) is 0 Å². The largest absolute Gasteiger partial charge is 0.494 e. The summed E-state index contributed by atoms with van der Waals surface area (Å²) in [5.74, 6) is 1.88. The van der Waals surface area contributed by atoms with Crippen molar-refractivity contribution in [1.29, 1.82) is 0 Å². The Morgan fingerprint density at radius 2 is 2.10 bits per heavy atom. The van der Waals surface area contributed by atoms with Crippen LogP contribution in [0, 0.1) is 5.92 Å². The summed E-state index contributed by atoms with van der Waals surface area (Å²) in [6, 6.07) is 9.60. The Balaban J connectivity index is 1.77. The topological polar surface area (TPSA) is 38.5 Å². The summed E-state index contributed by atoms with van der Waals surface area (Å²) in [6.45, 7) is 4.66. The highest BCUT2D eigenvalue weighted by Crippen LogP contribution is 2.39. The van der Waals surface area contributed by atoms with Gasteiger partial charge in [0.1, 0.15) is 5.75 Å². The minimum absolute atomic E-state index is 0.350. The zero-order valence-corrected chi connectivity index (χ0v) is 12.4. The molecule has 2 saturated carbocycles. The van der Waals surface area contributed by atoms with E-state index in [0.717, 1.165) is 17.7 Å². The second-order valence-electron chi connectivity index (χ2n) is 6.13. The van der Waals surface area contributed by atoms with E-state index in [2.05, 4.69) is 23.1 Å². The number of nitrogens with two attached hydrogens (primary N) is 1. The van der Waals surface area contributed by atoms with Gasteiger partial charge in [0, 0.05) is 25.2 Å². The molecule has 1 aromatic carbocycles. The lowest BCUT2D eigenvalue weighted by molar-refractivity contribution is 0.182. The Kier molecular flexibility index (Phi) is 4.27. The smallest absolute Gasteiger partial charge is 0.119 e. The lowest BCUT2D eigenvalue weighted by atomic mass is 10.0. The average Bonchev–Trinajstić information content (AvgIpc) is 3.33. The van der Waals surface area contributed by atoms with Crippen molar-refractivity contribution in [3.8, 4) is 5.75 Å². The Bertz CT molecular complexity index is 440. The van der Waals surface area contributed by atoms with Gasteiger partial charge < -0.3 is 10.5 Å². The van der Waals surface area contributed by atoms with Crippen LogP contribution in [0.2, 0.25) is 0 Å². The average molecular weight is 274 g/mol. The lowest BCUT2D eigenvalue weighted by Gasteiger charge is -2.31. The molecule has 1 unspecified atom stereocenters. The molecule has 0 aromatic heterocycles. The quantitative estimate of drug-likeness (QED) is 0.792. The zero-order valence-electron chi connectivity index (χ0n) is 12.4. The minimum Gasteiger partial charge on any atom is -0.494 e. The summed E-state index contributed by atoms with van der Waals surface area (Å²) in [4.78, 5) is 2.66. The maximum absolute atomic E-state index is 6.11. The first kappa shape index (κ1) is 13.9. The molecular weight excluding hydrogens is 248 g/mol. The van der Waals surface area contributed by atoms with E-state index in [4.69, 9.17) is 10.5 Å². The van der Waals surface area contributed by atoms with E-state index in [1.54, 1.807) is 0 Å². The van der Waals surface area contributed by atoms with Crippen LogP contribution in [-0.2, 0) is 0 Å². The summed E-state index contributed by atoms with van der Waals surface area (Å²) < 4.78 is 5.63. The van der Waals surface area contributed by atoms with E-state index in [1.807, 2.05) is 13.0 Å². The number of ether oxygens (including phenoxy) is 1. The van der Waals surface area contributed by atoms with Crippen LogP contribution in [-0.4, -0.2) is 30.6 Å². The Morgan fingerprint density at radius 1 is 1.30 bits per heavy atom. The fraction of sp³-hybridized carbons (Fsp3) is 0.647. The molecule has 0 spiro atoms. The Labute approximate surface area is 122 Å². The molecule has 0 heterocycles. The summed E-state index contributed by atoms with van der Waals surface area (Å²) >= 11 is 0. The number of benzene rings is 1. The van der Waals surface area contributed by atoms with Crippen LogP contribution in [0.4, 0.5) is 0 Å². The molecule has 2 N–H and O–H groups in total. The van der Waals surface area contributed by atoms with E-state index in [9.17, 15) is 0 Å². The minimum atomic E-state index is 0.350. The molecule has 0 saturated heterocycles. The van der Waals surface area contributed by atoms with Gasteiger partial charge in [-0.25, -0.2) is 0 Å². The van der Waals surface area contributed by atoms with Crippen LogP contribution in [0.3, 0.4) is 0 Å². The van der Waals surface area contributed by atoms with Gasteiger partial charge in [-0.3, -0.25) is 4.90 Å². The second-order valence-corrected chi connectivity index (χ2v) is 6.13. The predicted molar refractivity (Wildman–Crippen MR) is 81.9 cm³/mol. The third kappa shape index (κ3) is 3.33. The van der Waals surface area contributed by atoms with Crippen LogP contribution in [0.25, 0.3) is 0 Å². The van der Waals surface area contributed by atoms with Gasteiger partial charge in [0.15, 0.2) is 0 Å². The highest BCUT2D eigenvalue weighted by Gasteiger charge is 2.37. The SMILES string of the molecule is CCOc1cccc(C(CN)N(CC2CC2)C2CC2)c1. The molecule has 1 aromatic rings. The first-order valence-corrected chi connectivity index (χ1v) is 8.00. The third-order valence-corrected chi connectivity index (χ3v) is 4.36. The molecule has 0 bridgehead atoms. The van der Waals surface area contributed by atoms with Crippen molar-refractivity contribution in [3.05, 3.63) is 29.8 Å². The molecule has 2 fully saturated rings. The van der Waals surface area contributed by atoms with Crippen molar-refractivity contribution < 1.29 is 4.74 Å². The predicted octanol–water partition coefficient (Wildman–Crippen LogP) is 2.96. The maximum atomic E-state index is 6.11. The van der Waals surface area contributed by atoms with Gasteiger partial charge in [-0.15, -0.1) is 0 Å². The number of hydrogen-bond acceptors (Lipinski definition) is 3. The van der Waals surface area contributed by atoms with Crippen molar-refractivity contribution in [2.75, 3.05) is 19.7 Å². The van der Waals surface area contributed by atoms with Gasteiger partial charge in [0.2, 0.25) is 0 Å². The molecule has 110 valence electrons. The molecule has 20 heavy (non-hydrogen) atoms. The molecule has 0 aliphatic heterocycles. The number of hydrogen-bond donors (Lipinski definition) is 1. The molecular formula is C17H26N2O. The fourth-order valence-electron chi connectivity index (χ4n) is 2.98. The first-order chi connectivity index (χ1) is 9.81. The molecule has 3 nitrogen and oxygen atoms in total. The van der Waals surface area contributed by atoms with Crippen molar-refractivity contribution >= 4 is 0 Å². The van der Waals surface area contributed by atoms with Gasteiger partial charge in [0.05, 0.1) is 6.61 Å². The fourth-order valence-corrected chi connectivity index (χ4v) is 2.98. The molecule has 2 aliphatic carbocycles. The molecule has 1 atom stereocenters. The Hall–Kier alpha value is -1.06. The second kappa shape index (κ2) is 6.15. The molecule has 0 amide bonds. The van der Waals surface area contributed by atoms with Gasteiger partial charge >= 0.3 is 0 Å². The summed E-state index contributed by atoms with van der Waals surface area (Å²) in [5, 5.41) is 0. The molecule has 3 rings (SSSR count). The highest BCUT2D eigenvalue weighted by atomic mass is 16.5. The van der Waals surface area contributed by atoms with Gasteiger partial charge in [0.25, 0.3) is 0 Å². The summed E-state index contributed by atoms with van der Waals surface area (Å²) in [7, 11) is 0. The van der Waals surface area contributed by atoms with E-state index in [-0.39, 0.29) is 0 Å². The monoisotopic (exact) mass is 274 g/mol. The Morgan fingerprint density at radius 3 is 2.70 bits per heavy atom. The normalized spacial score (nSPS) is 20.1. The summed E-state index contributed by atoms with van der Waals surface area (Å²) in [5.41, 5.74) is 7.42. The van der Waals surface area contributed by atoms with Crippen molar-refractivity contribution in [2.45, 2.75) is 44.7 Å². The van der Waals surface area contributed by atoms with E-state index >= 15 is 0 Å². The highest BCUT2D eigenvalue weighted by molar-refractivity contribution is 5.31. The molecule has 2 aliphatic rings. The van der Waals surface area contributed by atoms with Crippen molar-refractivity contribution in [1.82, 2.24) is 4.90 Å². The zero-order chi connectivity index (χ0) is 13.9. The van der Waals surface area contributed by atoms with Gasteiger partial charge in [-0.2, -0.15) is 0 Å². The standard InChI is InChI=1S/C17H26N2O/c1-2-20-16-5-3-4-14(10-16)17(11-18)19(15-8-9-15)12-13-6-7-13/h3-5,10,13,15,17H,2,6-9,11-12,18H2,1H3. The summed E-state index contributed by atoms with van der Waals surface area (Å²) in [6.07, 6.45) is 5.49. The van der Waals surface area contributed by atoms with E-state index in [0.29, 0.717) is 19.2 Å². The molecule has 0 radical (unpaired) electrons. The van der Waals surface area contributed by atoms with Crippen LogP contribution in [0.1, 0.15) is 44.2 Å². The van der Waals surface area contributed by atoms with Crippen LogP contribution >= 0.6 is 0 Å². The van der Waals surface area contributed by atoms with Crippen LogP contribution < -0.4 is 10.5 Å². The van der Waals surface area contributed by atoms with Crippen LogP contribution in [0.15, 0.2) is 24.3 Å². The molecule has 3 heteroatoms. The lowest BCUT2D eigenvalue weighted by Crippen LogP contribution is -2.37. The van der Waals surface area contributed by atoms with Gasteiger partial charge in [-0.05, 0) is 56.2 Å². The number of rotatable bonds is 8. The van der Waals surface area contributed by atoms with Crippen molar-refractivity contribution in [2.24, 2.45) is 11.7 Å². The first-order valence-electron chi connectivity index (χ1n) is 8.00. The number of nitrogens with zero attached hydrogens (tertiary/aromatic N) is 1. The van der Waals surface area contributed by atoms with Crippen LogP contribution in [0.5, 0.6) is 5.75 Å². The van der Waals surface area contributed by atoms with E-state index in [1.165, 1.54) is 37.8 Å². The van der Waals surface area contributed by atoms with Gasteiger partial charge in [-0.1, -0.05) is 12.1 Å².